The number of alkyl halides is 3. The molecule has 0 saturated carbocycles. The number of hydrogen-bond donors (Lipinski definition) is 3. The standard InChI is InChI=1S/C24H22F3N3O4/c1-28-12-16-11-19(9-10-20(16)24(25,26)27)34-18-7-5-15(6-8-18)21-3-2-4-22(30-21)23(33)29-13-17(32)14-31/h2-12,17,31-32H,13-14H2,1H3,(H,29,33)/t17-/m0/s1. The molecule has 0 radical (unpaired) electrons. The van der Waals surface area contributed by atoms with Gasteiger partial charge in [0.2, 0.25) is 0 Å². The van der Waals surface area contributed by atoms with E-state index in [-0.39, 0.29) is 23.6 Å². The molecule has 1 amide bonds. The molecule has 1 atom stereocenters. The molecule has 0 saturated heterocycles. The van der Waals surface area contributed by atoms with E-state index in [1.54, 1.807) is 36.4 Å². The molecule has 178 valence electrons. The second kappa shape index (κ2) is 10.9. The smallest absolute Gasteiger partial charge is 0.417 e. The van der Waals surface area contributed by atoms with Gasteiger partial charge in [-0.1, -0.05) is 6.07 Å². The number of rotatable bonds is 8. The van der Waals surface area contributed by atoms with E-state index in [4.69, 9.17) is 9.84 Å². The molecule has 7 nitrogen and oxygen atoms in total. The number of benzene rings is 2. The third-order valence-electron chi connectivity index (χ3n) is 4.67. The van der Waals surface area contributed by atoms with E-state index in [0.717, 1.165) is 12.3 Å². The Labute approximate surface area is 193 Å². The largest absolute Gasteiger partial charge is 0.457 e. The molecule has 1 aromatic heterocycles. The lowest BCUT2D eigenvalue weighted by Crippen LogP contribution is -2.34. The molecule has 3 aromatic rings. The highest BCUT2D eigenvalue weighted by Gasteiger charge is 2.33. The van der Waals surface area contributed by atoms with Gasteiger partial charge in [-0.25, -0.2) is 4.98 Å². The number of amides is 1. The van der Waals surface area contributed by atoms with Crippen molar-refractivity contribution in [1.82, 2.24) is 10.3 Å². The molecule has 3 rings (SSSR count). The molecule has 0 spiro atoms. The van der Waals surface area contributed by atoms with Gasteiger partial charge in [0.15, 0.2) is 0 Å². The van der Waals surface area contributed by atoms with Gasteiger partial charge in [0.05, 0.1) is 24.0 Å². The van der Waals surface area contributed by atoms with E-state index in [9.17, 15) is 23.1 Å². The third kappa shape index (κ3) is 6.40. The summed E-state index contributed by atoms with van der Waals surface area (Å²) >= 11 is 0. The molecule has 0 aliphatic heterocycles. The number of ether oxygens (including phenoxy) is 1. The summed E-state index contributed by atoms with van der Waals surface area (Å²) in [5.41, 5.74) is 0.427. The second-order valence-corrected chi connectivity index (χ2v) is 7.22. The van der Waals surface area contributed by atoms with Crippen molar-refractivity contribution in [1.29, 1.82) is 0 Å². The van der Waals surface area contributed by atoms with Gasteiger partial charge in [-0.15, -0.1) is 0 Å². The molecule has 10 heteroatoms. The van der Waals surface area contributed by atoms with Gasteiger partial charge in [0, 0.05) is 30.9 Å². The quantitative estimate of drug-likeness (QED) is 0.433. The zero-order chi connectivity index (χ0) is 24.7. The van der Waals surface area contributed by atoms with Crippen LogP contribution in [0.15, 0.2) is 65.7 Å². The summed E-state index contributed by atoms with van der Waals surface area (Å²) in [5.74, 6) is 0.121. The van der Waals surface area contributed by atoms with Crippen LogP contribution in [0.25, 0.3) is 11.3 Å². The number of pyridine rings is 1. The predicted octanol–water partition coefficient (Wildman–Crippen LogP) is 3.69. The van der Waals surface area contributed by atoms with Gasteiger partial charge >= 0.3 is 6.18 Å². The Morgan fingerprint density at radius 1 is 1.15 bits per heavy atom. The van der Waals surface area contributed by atoms with Gasteiger partial charge in [-0.05, 0) is 54.6 Å². The lowest BCUT2D eigenvalue weighted by atomic mass is 10.1. The van der Waals surface area contributed by atoms with Crippen LogP contribution in [-0.2, 0) is 6.18 Å². The third-order valence-corrected chi connectivity index (χ3v) is 4.67. The zero-order valence-corrected chi connectivity index (χ0v) is 18.1. The fraction of sp³-hybridized carbons (Fsp3) is 0.208. The Kier molecular flexibility index (Phi) is 7.98. The number of nitrogens with one attached hydrogen (secondary N) is 1. The zero-order valence-electron chi connectivity index (χ0n) is 18.1. The number of hydrogen-bond acceptors (Lipinski definition) is 6. The summed E-state index contributed by atoms with van der Waals surface area (Å²) < 4.78 is 45.2. The Bertz CT molecular complexity index is 1160. The van der Waals surface area contributed by atoms with Crippen LogP contribution in [0.4, 0.5) is 13.2 Å². The van der Waals surface area contributed by atoms with E-state index in [1.165, 1.54) is 25.2 Å². The van der Waals surface area contributed by atoms with Crippen molar-refractivity contribution >= 4 is 12.1 Å². The Morgan fingerprint density at radius 3 is 2.50 bits per heavy atom. The normalized spacial score (nSPS) is 12.5. The maximum atomic E-state index is 13.2. The maximum Gasteiger partial charge on any atom is 0.417 e. The van der Waals surface area contributed by atoms with Crippen molar-refractivity contribution in [2.75, 3.05) is 20.2 Å². The molecule has 0 bridgehead atoms. The number of aliphatic hydroxyl groups is 2. The molecular weight excluding hydrogens is 451 g/mol. The van der Waals surface area contributed by atoms with Crippen LogP contribution in [0, 0.1) is 0 Å². The fourth-order valence-corrected chi connectivity index (χ4v) is 3.03. The molecule has 1 heterocycles. The molecule has 3 N–H and O–H groups in total. The molecule has 2 aromatic carbocycles. The van der Waals surface area contributed by atoms with E-state index in [1.807, 2.05) is 0 Å². The van der Waals surface area contributed by atoms with Crippen molar-refractivity contribution < 1.29 is 32.9 Å². The highest BCUT2D eigenvalue weighted by atomic mass is 19.4. The summed E-state index contributed by atoms with van der Waals surface area (Å²) in [7, 11) is 1.39. The van der Waals surface area contributed by atoms with Crippen molar-refractivity contribution in [3.05, 3.63) is 77.5 Å². The van der Waals surface area contributed by atoms with Gasteiger partial charge < -0.3 is 20.3 Å². The molecular formula is C24H22F3N3O4. The summed E-state index contributed by atoms with van der Waals surface area (Å²) in [6.45, 7) is -0.578. The summed E-state index contributed by atoms with van der Waals surface area (Å²) in [6.07, 6.45) is -4.44. The first-order valence-electron chi connectivity index (χ1n) is 10.2. The van der Waals surface area contributed by atoms with Crippen molar-refractivity contribution in [3.63, 3.8) is 0 Å². The van der Waals surface area contributed by atoms with Gasteiger partial charge in [-0.3, -0.25) is 9.79 Å². The maximum absolute atomic E-state index is 13.2. The lowest BCUT2D eigenvalue weighted by molar-refractivity contribution is -0.137. The van der Waals surface area contributed by atoms with Crippen molar-refractivity contribution in [2.24, 2.45) is 4.99 Å². The highest BCUT2D eigenvalue weighted by Crippen LogP contribution is 2.34. The first kappa shape index (κ1) is 24.9. The Balaban J connectivity index is 1.75. The van der Waals surface area contributed by atoms with E-state index in [2.05, 4.69) is 15.3 Å². The molecule has 34 heavy (non-hydrogen) atoms. The van der Waals surface area contributed by atoms with Crippen LogP contribution in [0.5, 0.6) is 11.5 Å². The summed E-state index contributed by atoms with van der Waals surface area (Å²) in [4.78, 5) is 20.2. The lowest BCUT2D eigenvalue weighted by Gasteiger charge is -2.13. The van der Waals surface area contributed by atoms with E-state index in [0.29, 0.717) is 17.0 Å². The van der Waals surface area contributed by atoms with E-state index < -0.39 is 30.4 Å². The van der Waals surface area contributed by atoms with Crippen LogP contribution in [-0.4, -0.2) is 53.6 Å². The Hall–Kier alpha value is -3.76. The fourth-order valence-electron chi connectivity index (χ4n) is 3.03. The van der Waals surface area contributed by atoms with Crippen LogP contribution in [0.2, 0.25) is 0 Å². The number of halogens is 3. The van der Waals surface area contributed by atoms with Gasteiger partial charge in [0.1, 0.15) is 17.2 Å². The number of aliphatic hydroxyl groups excluding tert-OH is 2. The predicted molar refractivity (Wildman–Crippen MR) is 120 cm³/mol. The van der Waals surface area contributed by atoms with Gasteiger partial charge in [0.25, 0.3) is 5.91 Å². The average molecular weight is 473 g/mol. The first-order chi connectivity index (χ1) is 16.2. The number of carbonyl (C=O) groups is 1. The number of carbonyl (C=O) groups excluding carboxylic acids is 1. The summed E-state index contributed by atoms with van der Waals surface area (Å²) in [5, 5.41) is 20.7. The topological polar surface area (TPSA) is 104 Å². The van der Waals surface area contributed by atoms with Crippen LogP contribution >= 0.6 is 0 Å². The minimum absolute atomic E-state index is 0.102. The summed E-state index contributed by atoms with van der Waals surface area (Å²) in [6, 6.07) is 15.0. The number of nitrogens with zero attached hydrogens (tertiary/aromatic N) is 2. The molecule has 0 unspecified atom stereocenters. The highest BCUT2D eigenvalue weighted by molar-refractivity contribution is 5.92. The molecule has 0 aliphatic rings. The van der Waals surface area contributed by atoms with Crippen LogP contribution in [0.3, 0.4) is 0 Å². The minimum Gasteiger partial charge on any atom is -0.457 e. The van der Waals surface area contributed by atoms with Crippen LogP contribution < -0.4 is 10.1 Å². The number of aliphatic imine (C=N–C) groups is 1. The first-order valence-corrected chi connectivity index (χ1v) is 10.2. The van der Waals surface area contributed by atoms with Crippen molar-refractivity contribution in [2.45, 2.75) is 12.3 Å². The second-order valence-electron chi connectivity index (χ2n) is 7.22. The van der Waals surface area contributed by atoms with E-state index >= 15 is 0 Å². The van der Waals surface area contributed by atoms with Crippen LogP contribution in [0.1, 0.15) is 21.6 Å². The molecule has 0 aliphatic carbocycles. The molecule has 0 fully saturated rings. The monoisotopic (exact) mass is 473 g/mol. The van der Waals surface area contributed by atoms with Gasteiger partial charge in [-0.2, -0.15) is 13.2 Å². The Morgan fingerprint density at radius 2 is 1.85 bits per heavy atom. The number of aromatic nitrogens is 1. The average Bonchev–Trinajstić information content (AvgIpc) is 2.82. The SMILES string of the molecule is CN=Cc1cc(Oc2ccc(-c3cccc(C(=O)NC[C@H](O)CO)n3)cc2)ccc1C(F)(F)F. The van der Waals surface area contributed by atoms with Crippen molar-refractivity contribution in [3.8, 4) is 22.8 Å². The minimum atomic E-state index is -4.51.